The van der Waals surface area contributed by atoms with Gasteiger partial charge in [-0.1, -0.05) is 36.4 Å². The van der Waals surface area contributed by atoms with Gasteiger partial charge in [0.15, 0.2) is 5.78 Å². The molecule has 19 heavy (non-hydrogen) atoms. The third-order valence-electron chi connectivity index (χ3n) is 4.17. The summed E-state index contributed by atoms with van der Waals surface area (Å²) in [6, 6.07) is 12.3. The monoisotopic (exact) mass is 253 g/mol. The molecule has 0 radical (unpaired) electrons. The van der Waals surface area contributed by atoms with Gasteiger partial charge in [-0.3, -0.25) is 4.79 Å². The van der Waals surface area contributed by atoms with Crippen LogP contribution >= 0.6 is 0 Å². The van der Waals surface area contributed by atoms with Gasteiger partial charge in [0.05, 0.1) is 0 Å². The first-order valence-electron chi connectivity index (χ1n) is 7.00. The van der Waals surface area contributed by atoms with E-state index < -0.39 is 0 Å². The Labute approximate surface area is 113 Å². The molecule has 1 aliphatic rings. The number of nitrogens with one attached hydrogen (secondary N) is 1. The number of benzene rings is 2. The van der Waals surface area contributed by atoms with Crippen LogP contribution in [0.1, 0.15) is 28.8 Å². The van der Waals surface area contributed by atoms with Crippen molar-refractivity contribution in [2.24, 2.45) is 5.92 Å². The van der Waals surface area contributed by atoms with Crippen molar-refractivity contribution in [2.45, 2.75) is 19.8 Å². The lowest BCUT2D eigenvalue weighted by molar-refractivity contribution is 0.0894. The zero-order chi connectivity index (χ0) is 13.2. The Morgan fingerprint density at radius 1 is 1.11 bits per heavy atom. The van der Waals surface area contributed by atoms with Crippen LogP contribution in [0.3, 0.4) is 0 Å². The van der Waals surface area contributed by atoms with Crippen LogP contribution in [0.25, 0.3) is 10.8 Å². The van der Waals surface area contributed by atoms with E-state index in [4.69, 9.17) is 0 Å². The molecule has 0 aromatic heterocycles. The molecule has 1 N–H and O–H groups in total. The fourth-order valence-electron chi connectivity index (χ4n) is 3.00. The lowest BCUT2D eigenvalue weighted by Crippen LogP contribution is -2.32. The van der Waals surface area contributed by atoms with Gasteiger partial charge in [0.25, 0.3) is 0 Å². The molecule has 2 aromatic rings. The Balaban J connectivity index is 2.00. The minimum atomic E-state index is 0.195. The van der Waals surface area contributed by atoms with Crippen LogP contribution in [0.4, 0.5) is 0 Å². The molecule has 2 aromatic carbocycles. The average Bonchev–Trinajstić information content (AvgIpc) is 2.48. The highest BCUT2D eigenvalue weighted by atomic mass is 16.1. The first-order valence-corrected chi connectivity index (χ1v) is 7.00. The van der Waals surface area contributed by atoms with E-state index in [1.165, 1.54) is 10.8 Å². The second-order valence-electron chi connectivity index (χ2n) is 5.35. The Kier molecular flexibility index (Phi) is 3.34. The molecule has 0 saturated carbocycles. The van der Waals surface area contributed by atoms with Crippen molar-refractivity contribution < 1.29 is 4.79 Å². The van der Waals surface area contributed by atoms with Crippen LogP contribution < -0.4 is 5.32 Å². The van der Waals surface area contributed by atoms with E-state index in [0.717, 1.165) is 37.1 Å². The summed E-state index contributed by atoms with van der Waals surface area (Å²) in [7, 11) is 0. The van der Waals surface area contributed by atoms with E-state index in [1.807, 2.05) is 18.2 Å². The zero-order valence-electron chi connectivity index (χ0n) is 11.3. The molecule has 2 heteroatoms. The van der Waals surface area contributed by atoms with Crippen LogP contribution in [-0.2, 0) is 0 Å². The van der Waals surface area contributed by atoms with Gasteiger partial charge in [0.1, 0.15) is 0 Å². The molecule has 1 fully saturated rings. The summed E-state index contributed by atoms with van der Waals surface area (Å²) in [5, 5.41) is 5.72. The summed E-state index contributed by atoms with van der Waals surface area (Å²) in [6.45, 7) is 3.99. The molecule has 98 valence electrons. The van der Waals surface area contributed by atoms with Crippen molar-refractivity contribution in [2.75, 3.05) is 13.1 Å². The van der Waals surface area contributed by atoms with Crippen molar-refractivity contribution >= 4 is 16.6 Å². The molecule has 1 aliphatic heterocycles. The Morgan fingerprint density at radius 3 is 2.63 bits per heavy atom. The highest BCUT2D eigenvalue weighted by molar-refractivity contribution is 6.03. The molecule has 0 bridgehead atoms. The molecule has 0 atom stereocenters. The summed E-state index contributed by atoms with van der Waals surface area (Å²) >= 11 is 0. The van der Waals surface area contributed by atoms with Crippen molar-refractivity contribution in [3.8, 4) is 0 Å². The summed E-state index contributed by atoms with van der Waals surface area (Å²) in [5.74, 6) is 0.519. The lowest BCUT2D eigenvalue weighted by atomic mass is 9.86. The summed E-state index contributed by atoms with van der Waals surface area (Å²) in [5.41, 5.74) is 2.03. The van der Waals surface area contributed by atoms with Crippen LogP contribution in [0, 0.1) is 12.8 Å². The SMILES string of the molecule is Cc1c(C(=O)C2CCNCC2)ccc2ccccc12. The van der Waals surface area contributed by atoms with E-state index in [0.29, 0.717) is 5.78 Å². The smallest absolute Gasteiger partial charge is 0.166 e. The molecular weight excluding hydrogens is 234 g/mol. The third-order valence-corrected chi connectivity index (χ3v) is 4.17. The lowest BCUT2D eigenvalue weighted by Gasteiger charge is -2.22. The molecule has 3 rings (SSSR count). The Bertz CT molecular complexity index is 612. The zero-order valence-corrected chi connectivity index (χ0v) is 11.3. The van der Waals surface area contributed by atoms with Gasteiger partial charge in [0, 0.05) is 11.5 Å². The first kappa shape index (κ1) is 12.4. The van der Waals surface area contributed by atoms with Crippen molar-refractivity contribution in [3.05, 3.63) is 47.5 Å². The summed E-state index contributed by atoms with van der Waals surface area (Å²) in [4.78, 5) is 12.6. The topological polar surface area (TPSA) is 29.1 Å². The van der Waals surface area contributed by atoms with E-state index in [9.17, 15) is 4.79 Å². The van der Waals surface area contributed by atoms with E-state index in [-0.39, 0.29) is 5.92 Å². The molecule has 1 heterocycles. The second-order valence-corrected chi connectivity index (χ2v) is 5.35. The number of carbonyl (C=O) groups excluding carboxylic acids is 1. The van der Waals surface area contributed by atoms with Gasteiger partial charge in [-0.25, -0.2) is 0 Å². The fourth-order valence-corrected chi connectivity index (χ4v) is 3.00. The number of piperidine rings is 1. The van der Waals surface area contributed by atoms with Crippen LogP contribution in [0.15, 0.2) is 36.4 Å². The largest absolute Gasteiger partial charge is 0.317 e. The minimum absolute atomic E-state index is 0.195. The van der Waals surface area contributed by atoms with E-state index in [1.54, 1.807) is 0 Å². The maximum absolute atomic E-state index is 12.6. The molecule has 0 aliphatic carbocycles. The molecule has 0 spiro atoms. The number of rotatable bonds is 2. The highest BCUT2D eigenvalue weighted by Gasteiger charge is 2.23. The van der Waals surface area contributed by atoms with Crippen LogP contribution in [0.2, 0.25) is 0 Å². The fraction of sp³-hybridized carbons (Fsp3) is 0.353. The average molecular weight is 253 g/mol. The van der Waals surface area contributed by atoms with Gasteiger partial charge in [-0.2, -0.15) is 0 Å². The van der Waals surface area contributed by atoms with Gasteiger partial charge in [-0.15, -0.1) is 0 Å². The van der Waals surface area contributed by atoms with Crippen molar-refractivity contribution in [3.63, 3.8) is 0 Å². The van der Waals surface area contributed by atoms with Crippen molar-refractivity contribution in [1.29, 1.82) is 0 Å². The van der Waals surface area contributed by atoms with Gasteiger partial charge in [0.2, 0.25) is 0 Å². The first-order chi connectivity index (χ1) is 9.27. The molecular formula is C17H19NO. The third kappa shape index (κ3) is 2.28. The highest BCUT2D eigenvalue weighted by Crippen LogP contribution is 2.26. The summed E-state index contributed by atoms with van der Waals surface area (Å²) < 4.78 is 0. The molecule has 0 unspecified atom stereocenters. The number of hydrogen-bond acceptors (Lipinski definition) is 2. The van der Waals surface area contributed by atoms with E-state index >= 15 is 0 Å². The number of Topliss-reactive ketones (excluding diaryl/α,β-unsaturated/α-hetero) is 1. The molecule has 1 saturated heterocycles. The predicted molar refractivity (Wildman–Crippen MR) is 78.6 cm³/mol. The number of hydrogen-bond donors (Lipinski definition) is 1. The Morgan fingerprint density at radius 2 is 1.84 bits per heavy atom. The quantitative estimate of drug-likeness (QED) is 0.832. The molecule has 2 nitrogen and oxygen atoms in total. The van der Waals surface area contributed by atoms with Crippen molar-refractivity contribution in [1.82, 2.24) is 5.32 Å². The normalized spacial score (nSPS) is 16.7. The Hall–Kier alpha value is -1.67. The van der Waals surface area contributed by atoms with Gasteiger partial charge >= 0.3 is 0 Å². The second kappa shape index (κ2) is 5.14. The number of fused-ring (bicyclic) bond motifs is 1. The van der Waals surface area contributed by atoms with Crippen LogP contribution in [-0.4, -0.2) is 18.9 Å². The maximum atomic E-state index is 12.6. The van der Waals surface area contributed by atoms with Crippen LogP contribution in [0.5, 0.6) is 0 Å². The standard InChI is InChI=1S/C17H19NO/c1-12-15-5-3-2-4-13(15)6-7-16(12)17(19)14-8-10-18-11-9-14/h2-7,14,18H,8-11H2,1H3. The van der Waals surface area contributed by atoms with Gasteiger partial charge in [-0.05, 0) is 49.2 Å². The van der Waals surface area contributed by atoms with E-state index in [2.05, 4.69) is 30.4 Å². The number of carbonyl (C=O) groups is 1. The number of ketones is 1. The summed E-state index contributed by atoms with van der Waals surface area (Å²) in [6.07, 6.45) is 1.93. The van der Waals surface area contributed by atoms with Gasteiger partial charge < -0.3 is 5.32 Å². The minimum Gasteiger partial charge on any atom is -0.317 e. The predicted octanol–water partition coefficient (Wildman–Crippen LogP) is 3.33. The maximum Gasteiger partial charge on any atom is 0.166 e. The number of aryl methyl sites for hydroxylation is 1. The molecule has 0 amide bonds.